The van der Waals surface area contributed by atoms with Gasteiger partial charge in [-0.2, -0.15) is 0 Å². The number of fused-ring (bicyclic) bond motifs is 1. The molecule has 2 aromatic heterocycles. The van der Waals surface area contributed by atoms with E-state index in [9.17, 15) is 8.78 Å². The molecule has 0 unspecified atom stereocenters. The van der Waals surface area contributed by atoms with Crippen molar-refractivity contribution < 1.29 is 8.78 Å². The summed E-state index contributed by atoms with van der Waals surface area (Å²) in [5, 5.41) is 0.608. The largest absolute Gasteiger partial charge is 0.383 e. The van der Waals surface area contributed by atoms with Crippen LogP contribution in [0.1, 0.15) is 11.3 Å². The highest BCUT2D eigenvalue weighted by Gasteiger charge is 2.21. The monoisotopic (exact) mass is 352 g/mol. The molecule has 0 aliphatic carbocycles. The van der Waals surface area contributed by atoms with Gasteiger partial charge in [0.15, 0.2) is 17.3 Å². The summed E-state index contributed by atoms with van der Waals surface area (Å²) in [4.78, 5) is 8.07. The lowest BCUT2D eigenvalue weighted by Crippen LogP contribution is -2.05. The summed E-state index contributed by atoms with van der Waals surface area (Å²) < 4.78 is 30.3. The second-order valence-electron chi connectivity index (χ2n) is 4.72. The summed E-state index contributed by atoms with van der Waals surface area (Å²) >= 11 is 3.07. The van der Waals surface area contributed by atoms with Crippen molar-refractivity contribution in [3.05, 3.63) is 45.8 Å². The second kappa shape index (κ2) is 4.77. The van der Waals surface area contributed by atoms with E-state index in [1.165, 1.54) is 23.0 Å². The minimum absolute atomic E-state index is 0.174. The molecule has 4 nitrogen and oxygen atoms in total. The minimum atomic E-state index is -0.681. The van der Waals surface area contributed by atoms with Crippen LogP contribution in [0.2, 0.25) is 0 Å². The molecule has 21 heavy (non-hydrogen) atoms. The van der Waals surface area contributed by atoms with Crippen molar-refractivity contribution in [2.45, 2.75) is 13.8 Å². The smallest absolute Gasteiger partial charge is 0.151 e. The lowest BCUT2D eigenvalue weighted by Gasteiger charge is -2.11. The normalized spacial score (nSPS) is 11.3. The van der Waals surface area contributed by atoms with Crippen molar-refractivity contribution in [2.75, 3.05) is 5.73 Å². The Labute approximate surface area is 127 Å². The average molecular weight is 353 g/mol. The van der Waals surface area contributed by atoms with E-state index in [0.29, 0.717) is 21.2 Å². The first-order valence-corrected chi connectivity index (χ1v) is 6.94. The van der Waals surface area contributed by atoms with Gasteiger partial charge in [-0.1, -0.05) is 15.9 Å². The zero-order valence-electron chi connectivity index (χ0n) is 11.3. The maximum Gasteiger partial charge on any atom is 0.151 e. The lowest BCUT2D eigenvalue weighted by atomic mass is 10.2. The van der Waals surface area contributed by atoms with E-state index in [1.807, 2.05) is 6.92 Å². The Hall–Kier alpha value is -2.02. The van der Waals surface area contributed by atoms with E-state index in [1.54, 1.807) is 6.92 Å². The van der Waals surface area contributed by atoms with Crippen molar-refractivity contribution in [2.24, 2.45) is 0 Å². The van der Waals surface area contributed by atoms with Crippen LogP contribution in [0.3, 0.4) is 0 Å². The number of nitrogen functional groups attached to an aromatic ring is 1. The van der Waals surface area contributed by atoms with Crippen molar-refractivity contribution in [1.29, 1.82) is 0 Å². The molecular weight excluding hydrogens is 342 g/mol. The van der Waals surface area contributed by atoms with Gasteiger partial charge in [-0.15, -0.1) is 0 Å². The summed E-state index contributed by atoms with van der Waals surface area (Å²) in [6, 6.07) is 2.42. The topological polar surface area (TPSA) is 56.7 Å². The Morgan fingerprint density at radius 3 is 2.38 bits per heavy atom. The fourth-order valence-corrected chi connectivity index (χ4v) is 2.85. The van der Waals surface area contributed by atoms with Gasteiger partial charge in [-0.3, -0.25) is 4.57 Å². The molecule has 0 aliphatic heterocycles. The molecule has 0 saturated carbocycles. The summed E-state index contributed by atoms with van der Waals surface area (Å²) in [7, 11) is 0. The van der Waals surface area contributed by atoms with Crippen molar-refractivity contribution in [1.82, 2.24) is 14.5 Å². The molecule has 0 bridgehead atoms. The molecule has 108 valence electrons. The fourth-order valence-electron chi connectivity index (χ4n) is 2.45. The number of aryl methyl sites for hydroxylation is 1. The number of rotatable bonds is 1. The number of anilines is 1. The van der Waals surface area contributed by atoms with Gasteiger partial charge >= 0.3 is 0 Å². The van der Waals surface area contributed by atoms with Gasteiger partial charge in [0, 0.05) is 10.2 Å². The quantitative estimate of drug-likeness (QED) is 0.726. The average Bonchev–Trinajstić information content (AvgIpc) is 2.64. The molecule has 0 amide bonds. The van der Waals surface area contributed by atoms with Crippen LogP contribution >= 0.6 is 15.9 Å². The van der Waals surface area contributed by atoms with Gasteiger partial charge < -0.3 is 5.73 Å². The van der Waals surface area contributed by atoms with Crippen LogP contribution in [-0.4, -0.2) is 14.5 Å². The second-order valence-corrected chi connectivity index (χ2v) is 5.64. The third-order valence-electron chi connectivity index (χ3n) is 3.53. The predicted octanol–water partition coefficient (Wildman–Crippen LogP) is 3.66. The van der Waals surface area contributed by atoms with Crippen LogP contribution in [-0.2, 0) is 0 Å². The summed E-state index contributed by atoms with van der Waals surface area (Å²) in [5.74, 6) is -1.07. The Bertz CT molecular complexity index is 850. The highest BCUT2D eigenvalue weighted by molar-refractivity contribution is 9.10. The van der Waals surface area contributed by atoms with Crippen LogP contribution in [0.15, 0.2) is 22.9 Å². The zero-order chi connectivity index (χ0) is 15.3. The van der Waals surface area contributed by atoms with Crippen molar-refractivity contribution in [3.8, 4) is 5.69 Å². The standard InChI is InChI=1S/C14H11BrF2N4/c1-6-7(2)21(14-11(6)13(18)19-5-20-14)12-9(16)3-8(15)4-10(12)17/h3-5H,1-2H3,(H2,18,19,20). The van der Waals surface area contributed by atoms with Gasteiger partial charge in [0.05, 0.1) is 5.39 Å². The third kappa shape index (κ3) is 1.99. The number of halogens is 3. The molecule has 0 saturated heterocycles. The van der Waals surface area contributed by atoms with Crippen LogP contribution < -0.4 is 5.73 Å². The summed E-state index contributed by atoms with van der Waals surface area (Å²) in [6.07, 6.45) is 1.28. The molecule has 0 fully saturated rings. The molecule has 0 atom stereocenters. The molecular formula is C14H11BrF2N4. The van der Waals surface area contributed by atoms with E-state index in [4.69, 9.17) is 5.73 Å². The first-order chi connectivity index (χ1) is 9.91. The first kappa shape index (κ1) is 13.9. The van der Waals surface area contributed by atoms with Crippen molar-refractivity contribution >= 4 is 32.8 Å². The summed E-state index contributed by atoms with van der Waals surface area (Å²) in [6.45, 7) is 3.58. The zero-order valence-corrected chi connectivity index (χ0v) is 12.9. The van der Waals surface area contributed by atoms with E-state index in [0.717, 1.165) is 5.56 Å². The molecule has 3 aromatic rings. The van der Waals surface area contributed by atoms with E-state index < -0.39 is 11.6 Å². The number of hydrogen-bond acceptors (Lipinski definition) is 3. The number of hydrogen-bond donors (Lipinski definition) is 1. The van der Waals surface area contributed by atoms with Gasteiger partial charge in [0.2, 0.25) is 0 Å². The van der Waals surface area contributed by atoms with E-state index in [2.05, 4.69) is 25.9 Å². The molecule has 3 rings (SSSR count). The van der Waals surface area contributed by atoms with E-state index >= 15 is 0 Å². The van der Waals surface area contributed by atoms with Crippen molar-refractivity contribution in [3.63, 3.8) is 0 Å². The molecule has 0 spiro atoms. The molecule has 0 aliphatic rings. The van der Waals surface area contributed by atoms with Crippen LogP contribution in [0.5, 0.6) is 0 Å². The highest BCUT2D eigenvalue weighted by Crippen LogP contribution is 2.32. The van der Waals surface area contributed by atoms with Gasteiger partial charge in [0.25, 0.3) is 0 Å². The van der Waals surface area contributed by atoms with Gasteiger partial charge in [-0.25, -0.2) is 18.7 Å². The number of nitrogens with zero attached hydrogens (tertiary/aromatic N) is 3. The van der Waals surface area contributed by atoms with Crippen LogP contribution in [0, 0.1) is 25.5 Å². The summed E-state index contributed by atoms with van der Waals surface area (Å²) in [5.41, 5.74) is 7.53. The van der Waals surface area contributed by atoms with Gasteiger partial charge in [-0.05, 0) is 31.5 Å². The third-order valence-corrected chi connectivity index (χ3v) is 3.98. The number of benzene rings is 1. The van der Waals surface area contributed by atoms with E-state index in [-0.39, 0.29) is 11.5 Å². The lowest BCUT2D eigenvalue weighted by molar-refractivity contribution is 0.568. The molecule has 7 heteroatoms. The Morgan fingerprint density at radius 1 is 1.14 bits per heavy atom. The number of aromatic nitrogens is 3. The van der Waals surface area contributed by atoms with Crippen LogP contribution in [0.25, 0.3) is 16.7 Å². The molecule has 2 N–H and O–H groups in total. The Kier molecular flexibility index (Phi) is 3.16. The Balaban J connectivity index is 2.48. The fraction of sp³-hybridized carbons (Fsp3) is 0.143. The Morgan fingerprint density at radius 2 is 1.76 bits per heavy atom. The molecule has 1 aromatic carbocycles. The SMILES string of the molecule is Cc1c(C)n(-c2c(F)cc(Br)cc2F)c2ncnc(N)c12. The predicted molar refractivity (Wildman–Crippen MR) is 80.4 cm³/mol. The number of nitrogens with two attached hydrogens (primary N) is 1. The maximum absolute atomic E-state index is 14.2. The maximum atomic E-state index is 14.2. The van der Waals surface area contributed by atoms with Crippen LogP contribution in [0.4, 0.5) is 14.6 Å². The molecule has 0 radical (unpaired) electrons. The first-order valence-electron chi connectivity index (χ1n) is 6.14. The molecule has 2 heterocycles. The van der Waals surface area contributed by atoms with Gasteiger partial charge in [0.1, 0.15) is 17.8 Å². The highest BCUT2D eigenvalue weighted by atomic mass is 79.9. The minimum Gasteiger partial charge on any atom is -0.383 e.